The molecule has 150 valence electrons. The minimum atomic E-state index is -0.996. The van der Waals surface area contributed by atoms with Crippen molar-refractivity contribution in [2.45, 2.75) is 51.7 Å². The average Bonchev–Trinajstić information content (AvgIpc) is 2.64. The Balaban J connectivity index is 1.90. The molecule has 5 atom stereocenters. The summed E-state index contributed by atoms with van der Waals surface area (Å²) in [6, 6.07) is 5.37. The first-order chi connectivity index (χ1) is 13.1. The number of carbonyl (C=O) groups is 1. The number of hydrogen-bond donors (Lipinski definition) is 1. The Bertz CT molecular complexity index is 830. The Kier molecular flexibility index (Phi) is 5.19. The van der Waals surface area contributed by atoms with E-state index in [9.17, 15) is 20.0 Å². The lowest BCUT2D eigenvalue weighted by atomic mass is 9.52. The number of non-ortho nitro benzene ring substituents is 1. The molecule has 0 bridgehead atoms. The summed E-state index contributed by atoms with van der Waals surface area (Å²) in [6.07, 6.45) is 5.47. The summed E-state index contributed by atoms with van der Waals surface area (Å²) in [4.78, 5) is 23.1. The number of esters is 1. The number of nitro groups is 1. The number of rotatable bonds is 4. The van der Waals surface area contributed by atoms with Crippen LogP contribution >= 0.6 is 0 Å². The second-order valence-electron chi connectivity index (χ2n) is 8.43. The summed E-state index contributed by atoms with van der Waals surface area (Å²) < 4.78 is 5.88. The van der Waals surface area contributed by atoms with Gasteiger partial charge in [0.05, 0.1) is 21.5 Å². The van der Waals surface area contributed by atoms with Crippen LogP contribution in [0.4, 0.5) is 5.69 Å². The molecule has 1 aromatic carbocycles. The van der Waals surface area contributed by atoms with E-state index in [0.29, 0.717) is 12.8 Å². The zero-order chi connectivity index (χ0) is 20.7. The third-order valence-corrected chi connectivity index (χ3v) is 6.69. The lowest BCUT2D eigenvalue weighted by Gasteiger charge is -2.57. The highest BCUT2D eigenvalue weighted by molar-refractivity contribution is 5.89. The van der Waals surface area contributed by atoms with E-state index >= 15 is 0 Å². The fourth-order valence-electron chi connectivity index (χ4n) is 4.62. The van der Waals surface area contributed by atoms with Gasteiger partial charge in [-0.25, -0.2) is 4.79 Å². The molecule has 2 aliphatic rings. The molecule has 0 spiro atoms. The molecule has 6 nitrogen and oxygen atoms in total. The summed E-state index contributed by atoms with van der Waals surface area (Å²) in [5.74, 6) is -0.454. The smallest absolute Gasteiger partial charge is 0.338 e. The van der Waals surface area contributed by atoms with Gasteiger partial charge in [-0.1, -0.05) is 31.2 Å². The van der Waals surface area contributed by atoms with Gasteiger partial charge in [0, 0.05) is 12.1 Å². The van der Waals surface area contributed by atoms with Gasteiger partial charge in [-0.05, 0) is 57.1 Å². The zero-order valence-corrected chi connectivity index (χ0v) is 16.6. The zero-order valence-electron chi connectivity index (χ0n) is 16.6. The molecule has 0 aromatic heterocycles. The fraction of sp³-hybridized carbons (Fsp3) is 0.500. The summed E-state index contributed by atoms with van der Waals surface area (Å²) in [5, 5.41) is 22.4. The summed E-state index contributed by atoms with van der Waals surface area (Å²) in [6.45, 7) is 9.97. The van der Waals surface area contributed by atoms with Crippen LogP contribution in [0.15, 0.2) is 48.6 Å². The molecule has 3 rings (SSSR count). The average molecular weight is 385 g/mol. The van der Waals surface area contributed by atoms with E-state index in [0.717, 1.165) is 12.0 Å². The Morgan fingerprint density at radius 1 is 1.36 bits per heavy atom. The molecule has 1 N–H and O–H groups in total. The first-order valence-corrected chi connectivity index (χ1v) is 9.59. The van der Waals surface area contributed by atoms with Crippen molar-refractivity contribution < 1.29 is 19.6 Å². The standard InChI is InChI=1S/C22H27NO5/c1-14(2)17-12-19(21(4)11-5-6-15(3)22(21,25)13-17)28-20(24)16-7-9-18(10-8-16)23(26)27/h5,7-11,15,17,19,25H,1,6,12-13H2,2-4H3/t15-,17-,19+,21+,22+/m1/s1. The van der Waals surface area contributed by atoms with E-state index in [4.69, 9.17) is 4.74 Å². The highest BCUT2D eigenvalue weighted by Crippen LogP contribution is 2.56. The molecule has 0 aliphatic heterocycles. The van der Waals surface area contributed by atoms with E-state index < -0.39 is 28.0 Å². The van der Waals surface area contributed by atoms with Crippen LogP contribution in [0.1, 0.15) is 50.4 Å². The van der Waals surface area contributed by atoms with Gasteiger partial charge in [0.1, 0.15) is 6.10 Å². The van der Waals surface area contributed by atoms with E-state index in [1.165, 1.54) is 24.3 Å². The maximum absolute atomic E-state index is 12.8. The minimum absolute atomic E-state index is 0.0326. The molecule has 2 aliphatic carbocycles. The summed E-state index contributed by atoms with van der Waals surface area (Å²) in [7, 11) is 0. The number of carbonyl (C=O) groups excluding carboxylic acids is 1. The first kappa shape index (κ1) is 20.3. The van der Waals surface area contributed by atoms with Crippen LogP contribution in [0.5, 0.6) is 0 Å². The molecule has 0 radical (unpaired) electrons. The van der Waals surface area contributed by atoms with Crippen LogP contribution in [-0.4, -0.2) is 27.7 Å². The van der Waals surface area contributed by atoms with E-state index in [1.807, 2.05) is 32.9 Å². The van der Waals surface area contributed by atoms with Crippen molar-refractivity contribution >= 4 is 11.7 Å². The van der Waals surface area contributed by atoms with Crippen molar-refractivity contribution in [1.82, 2.24) is 0 Å². The Morgan fingerprint density at radius 3 is 2.57 bits per heavy atom. The molecular formula is C22H27NO5. The van der Waals surface area contributed by atoms with Gasteiger partial charge in [-0.2, -0.15) is 0 Å². The number of nitrogens with zero attached hydrogens (tertiary/aromatic N) is 1. The van der Waals surface area contributed by atoms with Gasteiger partial charge in [0.25, 0.3) is 5.69 Å². The molecule has 0 unspecified atom stereocenters. The number of fused-ring (bicyclic) bond motifs is 1. The van der Waals surface area contributed by atoms with Gasteiger partial charge in [0.2, 0.25) is 0 Å². The number of ether oxygens (including phenoxy) is 1. The van der Waals surface area contributed by atoms with Gasteiger partial charge in [-0.3, -0.25) is 10.1 Å². The number of nitro benzene ring substituents is 1. The van der Waals surface area contributed by atoms with Crippen molar-refractivity contribution in [2.24, 2.45) is 17.3 Å². The number of benzene rings is 1. The van der Waals surface area contributed by atoms with Crippen molar-refractivity contribution in [3.8, 4) is 0 Å². The molecule has 1 aromatic rings. The van der Waals surface area contributed by atoms with E-state index in [2.05, 4.69) is 6.58 Å². The molecule has 1 saturated carbocycles. The van der Waals surface area contributed by atoms with Crippen LogP contribution < -0.4 is 0 Å². The second-order valence-corrected chi connectivity index (χ2v) is 8.43. The number of aliphatic hydroxyl groups is 1. The van der Waals surface area contributed by atoms with Gasteiger partial charge in [-0.15, -0.1) is 0 Å². The van der Waals surface area contributed by atoms with E-state index in [-0.39, 0.29) is 23.1 Å². The first-order valence-electron chi connectivity index (χ1n) is 9.59. The molecule has 6 heteroatoms. The third-order valence-electron chi connectivity index (χ3n) is 6.69. The highest BCUT2D eigenvalue weighted by atomic mass is 16.6. The van der Waals surface area contributed by atoms with Crippen LogP contribution in [0.2, 0.25) is 0 Å². The molecule has 1 fully saturated rings. The topological polar surface area (TPSA) is 89.7 Å². The molecular weight excluding hydrogens is 358 g/mol. The molecule has 28 heavy (non-hydrogen) atoms. The molecule has 0 saturated heterocycles. The fourth-order valence-corrected chi connectivity index (χ4v) is 4.62. The van der Waals surface area contributed by atoms with Crippen LogP contribution in [-0.2, 0) is 4.74 Å². The highest BCUT2D eigenvalue weighted by Gasteiger charge is 2.59. The number of hydrogen-bond acceptors (Lipinski definition) is 5. The second kappa shape index (κ2) is 7.17. The van der Waals surface area contributed by atoms with Gasteiger partial charge >= 0.3 is 5.97 Å². The maximum Gasteiger partial charge on any atom is 0.338 e. The van der Waals surface area contributed by atoms with Crippen molar-refractivity contribution in [2.75, 3.05) is 0 Å². The van der Waals surface area contributed by atoms with E-state index in [1.54, 1.807) is 0 Å². The van der Waals surface area contributed by atoms with Gasteiger partial charge in [0.15, 0.2) is 0 Å². The Hall–Kier alpha value is -2.47. The SMILES string of the molecule is C=C(C)[C@@H]1C[C@H](OC(=O)c2ccc([N+](=O)[O-])cc2)[C@]2(C)C=CC[C@@H](C)[C@@]2(O)C1. The summed E-state index contributed by atoms with van der Waals surface area (Å²) >= 11 is 0. The third kappa shape index (κ3) is 3.26. The van der Waals surface area contributed by atoms with Crippen molar-refractivity contribution in [3.63, 3.8) is 0 Å². The minimum Gasteiger partial charge on any atom is -0.458 e. The van der Waals surface area contributed by atoms with Crippen molar-refractivity contribution in [1.29, 1.82) is 0 Å². The van der Waals surface area contributed by atoms with Crippen LogP contribution in [0.3, 0.4) is 0 Å². The molecule has 0 amide bonds. The monoisotopic (exact) mass is 385 g/mol. The largest absolute Gasteiger partial charge is 0.458 e. The summed E-state index contributed by atoms with van der Waals surface area (Å²) in [5.41, 5.74) is -0.560. The quantitative estimate of drug-likeness (QED) is 0.358. The van der Waals surface area contributed by atoms with Crippen LogP contribution in [0, 0.1) is 27.4 Å². The Morgan fingerprint density at radius 2 is 2.00 bits per heavy atom. The Labute approximate surface area is 165 Å². The van der Waals surface area contributed by atoms with Crippen LogP contribution in [0.25, 0.3) is 0 Å². The number of allylic oxidation sites excluding steroid dienone is 2. The lowest BCUT2D eigenvalue weighted by Crippen LogP contribution is -2.62. The molecule has 0 heterocycles. The predicted molar refractivity (Wildman–Crippen MR) is 106 cm³/mol. The lowest BCUT2D eigenvalue weighted by molar-refractivity contribution is -0.384. The predicted octanol–water partition coefficient (Wildman–Crippen LogP) is 4.44. The van der Waals surface area contributed by atoms with Gasteiger partial charge < -0.3 is 9.84 Å². The van der Waals surface area contributed by atoms with Crippen molar-refractivity contribution in [3.05, 3.63) is 64.2 Å². The maximum atomic E-state index is 12.8. The normalized spacial score (nSPS) is 34.4.